The van der Waals surface area contributed by atoms with Crippen molar-refractivity contribution >= 4 is 0 Å². The van der Waals surface area contributed by atoms with Gasteiger partial charge >= 0.3 is 0 Å². The molecule has 64 valence electrons. The van der Waals surface area contributed by atoms with E-state index in [0.29, 0.717) is 0 Å². The molecule has 1 rings (SSSR count). The van der Waals surface area contributed by atoms with E-state index in [1.807, 2.05) is 13.8 Å². The van der Waals surface area contributed by atoms with Gasteiger partial charge in [-0.25, -0.2) is 0 Å². The van der Waals surface area contributed by atoms with E-state index in [-0.39, 0.29) is 1.43 Å². The molecule has 0 N–H and O–H groups in total. The topological polar surface area (TPSA) is 0 Å². The average Bonchev–Trinajstić information content (AvgIpc) is 2.10. The summed E-state index contributed by atoms with van der Waals surface area (Å²) in [6, 6.07) is 8.66. The third-order valence-electron chi connectivity index (χ3n) is 1.53. The van der Waals surface area contributed by atoms with E-state index in [4.69, 9.17) is 0 Å². The molecular weight excluding hydrogens is 132 g/mol. The van der Waals surface area contributed by atoms with Crippen molar-refractivity contribution in [2.75, 3.05) is 0 Å². The van der Waals surface area contributed by atoms with Crippen molar-refractivity contribution in [2.45, 2.75) is 34.1 Å². The van der Waals surface area contributed by atoms with Gasteiger partial charge < -0.3 is 0 Å². The van der Waals surface area contributed by atoms with E-state index in [1.54, 1.807) is 0 Å². The summed E-state index contributed by atoms with van der Waals surface area (Å²) in [5.41, 5.74) is 2.76. The lowest BCUT2D eigenvalue weighted by molar-refractivity contribution is 1.14. The molecule has 0 heteroatoms. The Hall–Kier alpha value is -0.780. The van der Waals surface area contributed by atoms with Crippen LogP contribution in [0.1, 0.15) is 33.3 Å². The SMILES string of the molecule is CC.CCc1ccc(C)cc1.[HH]. The summed E-state index contributed by atoms with van der Waals surface area (Å²) in [5.74, 6) is 0. The van der Waals surface area contributed by atoms with Gasteiger partial charge in [-0.1, -0.05) is 50.6 Å². The van der Waals surface area contributed by atoms with Crippen LogP contribution in [0.5, 0.6) is 0 Å². The van der Waals surface area contributed by atoms with Crippen molar-refractivity contribution < 1.29 is 1.43 Å². The minimum absolute atomic E-state index is 0. The van der Waals surface area contributed by atoms with Crippen LogP contribution in [0.15, 0.2) is 24.3 Å². The second kappa shape index (κ2) is 5.96. The van der Waals surface area contributed by atoms with E-state index >= 15 is 0 Å². The molecule has 0 amide bonds. The summed E-state index contributed by atoms with van der Waals surface area (Å²) < 4.78 is 0. The summed E-state index contributed by atoms with van der Waals surface area (Å²) in [6.45, 7) is 8.28. The molecule has 0 unspecified atom stereocenters. The predicted molar refractivity (Wildman–Crippen MR) is 54.0 cm³/mol. The highest BCUT2D eigenvalue weighted by atomic mass is 13.9. The Morgan fingerprint density at radius 2 is 1.55 bits per heavy atom. The number of rotatable bonds is 1. The normalized spacial score (nSPS) is 8.36. The molecule has 0 fully saturated rings. The third kappa shape index (κ3) is 3.82. The Morgan fingerprint density at radius 3 is 1.91 bits per heavy atom. The largest absolute Gasteiger partial charge is 0.0683 e. The summed E-state index contributed by atoms with van der Waals surface area (Å²) in [4.78, 5) is 0. The highest BCUT2D eigenvalue weighted by Gasteiger charge is 1.84. The molecule has 0 aliphatic heterocycles. The second-order valence-electron chi connectivity index (χ2n) is 2.34. The van der Waals surface area contributed by atoms with Crippen LogP contribution in [0, 0.1) is 6.92 Å². The maximum absolute atomic E-state index is 2.18. The van der Waals surface area contributed by atoms with Crippen LogP contribution in [0.2, 0.25) is 0 Å². The van der Waals surface area contributed by atoms with Gasteiger partial charge in [0.25, 0.3) is 0 Å². The molecule has 0 saturated carbocycles. The van der Waals surface area contributed by atoms with E-state index in [2.05, 4.69) is 38.1 Å². The first-order chi connectivity index (χ1) is 5.33. The van der Waals surface area contributed by atoms with Gasteiger partial charge in [0, 0.05) is 1.43 Å². The van der Waals surface area contributed by atoms with E-state index < -0.39 is 0 Å². The van der Waals surface area contributed by atoms with E-state index in [1.165, 1.54) is 11.1 Å². The smallest absolute Gasteiger partial charge is 0 e. The lowest BCUT2D eigenvalue weighted by Crippen LogP contribution is -1.77. The first-order valence-corrected chi connectivity index (χ1v) is 4.38. The molecule has 1 aromatic carbocycles. The molecule has 0 aliphatic carbocycles. The van der Waals surface area contributed by atoms with Crippen molar-refractivity contribution in [3.63, 3.8) is 0 Å². The fraction of sp³-hybridized carbons (Fsp3) is 0.455. The molecule has 0 bridgehead atoms. The molecule has 0 spiro atoms. The van der Waals surface area contributed by atoms with Gasteiger partial charge in [-0.15, -0.1) is 0 Å². The van der Waals surface area contributed by atoms with Crippen LogP contribution in [0.25, 0.3) is 0 Å². The summed E-state index contributed by atoms with van der Waals surface area (Å²) >= 11 is 0. The molecule has 0 radical (unpaired) electrons. The first kappa shape index (κ1) is 10.2. The zero-order chi connectivity index (χ0) is 8.69. The van der Waals surface area contributed by atoms with E-state index in [0.717, 1.165) is 6.42 Å². The highest BCUT2D eigenvalue weighted by Crippen LogP contribution is 2.02. The minimum Gasteiger partial charge on any atom is -0.0683 e. The Bertz CT molecular complexity index is 177. The van der Waals surface area contributed by atoms with Crippen molar-refractivity contribution in [3.05, 3.63) is 35.4 Å². The molecule has 0 nitrogen and oxygen atoms in total. The van der Waals surface area contributed by atoms with Gasteiger partial charge in [0.2, 0.25) is 0 Å². The zero-order valence-corrected chi connectivity index (χ0v) is 8.02. The third-order valence-corrected chi connectivity index (χ3v) is 1.53. The molecule has 0 aromatic heterocycles. The Kier molecular flexibility index (Phi) is 5.54. The van der Waals surface area contributed by atoms with E-state index in [9.17, 15) is 0 Å². The molecule has 1 aromatic rings. The minimum atomic E-state index is 0. The summed E-state index contributed by atoms with van der Waals surface area (Å²) in [6.07, 6.45) is 1.14. The Morgan fingerprint density at radius 1 is 1.09 bits per heavy atom. The molecule has 0 atom stereocenters. The number of hydrogen-bond acceptors (Lipinski definition) is 0. The quantitative estimate of drug-likeness (QED) is 0.573. The van der Waals surface area contributed by atoms with Crippen LogP contribution >= 0.6 is 0 Å². The second-order valence-corrected chi connectivity index (χ2v) is 2.34. The molecule has 11 heavy (non-hydrogen) atoms. The number of aryl methyl sites for hydroxylation is 2. The van der Waals surface area contributed by atoms with Crippen LogP contribution in [0.4, 0.5) is 0 Å². The number of hydrogen-bond donors (Lipinski definition) is 0. The molecular formula is C11H20. The lowest BCUT2D eigenvalue weighted by atomic mass is 10.1. The van der Waals surface area contributed by atoms with Gasteiger partial charge in [-0.2, -0.15) is 0 Å². The average molecular weight is 152 g/mol. The molecule has 0 aliphatic rings. The maximum Gasteiger partial charge on any atom is 0 e. The van der Waals surface area contributed by atoms with Crippen molar-refractivity contribution in [3.8, 4) is 0 Å². The summed E-state index contributed by atoms with van der Waals surface area (Å²) in [5, 5.41) is 0. The fourth-order valence-corrected chi connectivity index (χ4v) is 0.824. The zero-order valence-electron chi connectivity index (χ0n) is 8.02. The van der Waals surface area contributed by atoms with Gasteiger partial charge in [0.15, 0.2) is 0 Å². The van der Waals surface area contributed by atoms with Gasteiger partial charge in [0.1, 0.15) is 0 Å². The van der Waals surface area contributed by atoms with Crippen LogP contribution < -0.4 is 0 Å². The predicted octanol–water partition coefficient (Wildman–Crippen LogP) is 3.83. The first-order valence-electron chi connectivity index (χ1n) is 4.38. The monoisotopic (exact) mass is 152 g/mol. The van der Waals surface area contributed by atoms with Gasteiger partial charge in [-0.3, -0.25) is 0 Å². The van der Waals surface area contributed by atoms with Crippen molar-refractivity contribution in [1.82, 2.24) is 0 Å². The maximum atomic E-state index is 2.18. The van der Waals surface area contributed by atoms with Crippen LogP contribution in [-0.4, -0.2) is 0 Å². The molecule has 0 saturated heterocycles. The van der Waals surface area contributed by atoms with Crippen molar-refractivity contribution in [2.24, 2.45) is 0 Å². The van der Waals surface area contributed by atoms with Gasteiger partial charge in [0.05, 0.1) is 0 Å². The molecule has 0 heterocycles. The Labute approximate surface area is 71.7 Å². The van der Waals surface area contributed by atoms with Crippen LogP contribution in [-0.2, 0) is 6.42 Å². The van der Waals surface area contributed by atoms with Gasteiger partial charge in [-0.05, 0) is 18.9 Å². The van der Waals surface area contributed by atoms with Crippen molar-refractivity contribution in [1.29, 1.82) is 0 Å². The highest BCUT2D eigenvalue weighted by molar-refractivity contribution is 5.20. The number of benzene rings is 1. The lowest BCUT2D eigenvalue weighted by Gasteiger charge is -1.94. The Balaban J connectivity index is 0. The standard InChI is InChI=1S/C9H12.C2H6.H2/c1-3-9-6-4-8(2)5-7-9;1-2;/h4-7H,3H2,1-2H3;1-2H3;1H. The summed E-state index contributed by atoms with van der Waals surface area (Å²) in [7, 11) is 0. The fourth-order valence-electron chi connectivity index (χ4n) is 0.824. The van der Waals surface area contributed by atoms with Crippen LogP contribution in [0.3, 0.4) is 0 Å².